The minimum absolute atomic E-state index is 0.133. The molecule has 0 saturated heterocycles. The molecule has 0 aliphatic rings. The van der Waals surface area contributed by atoms with Crippen LogP contribution in [0.4, 0.5) is 0 Å². The van der Waals surface area contributed by atoms with Gasteiger partial charge in [-0.05, 0) is 0 Å². The molecule has 72 valence electrons. The third kappa shape index (κ3) is 5.51. The van der Waals surface area contributed by atoms with E-state index in [-0.39, 0.29) is 6.61 Å². The van der Waals surface area contributed by atoms with E-state index in [1.165, 1.54) is 0 Å². The average Bonchev–Trinajstić information content (AvgIpc) is 1.78. The van der Waals surface area contributed by atoms with Crippen molar-refractivity contribution in [2.45, 2.75) is 19.6 Å². The predicted octanol–water partition coefficient (Wildman–Crippen LogP) is 1.40. The van der Waals surface area contributed by atoms with Gasteiger partial charge in [0, 0.05) is 0 Å². The highest BCUT2D eigenvalue weighted by molar-refractivity contribution is 7.86. The van der Waals surface area contributed by atoms with Crippen molar-refractivity contribution in [2.75, 3.05) is 12.9 Å². The van der Waals surface area contributed by atoms with E-state index in [0.717, 1.165) is 11.5 Å². The fourth-order valence-electron chi connectivity index (χ4n) is 0.395. The summed E-state index contributed by atoms with van der Waals surface area (Å²) in [6, 6.07) is 0. The minimum atomic E-state index is -3.32. The molecule has 0 aromatic carbocycles. The van der Waals surface area contributed by atoms with Crippen molar-refractivity contribution >= 4 is 18.2 Å². The van der Waals surface area contributed by atoms with E-state index >= 15 is 0 Å². The summed E-state index contributed by atoms with van der Waals surface area (Å²) in [5.74, 6) is 0. The Morgan fingerprint density at radius 1 is 1.42 bits per heavy atom. The fourth-order valence-corrected chi connectivity index (χ4v) is 1.36. The molecule has 0 heterocycles. The summed E-state index contributed by atoms with van der Waals surface area (Å²) >= 11 is 0. The van der Waals surface area contributed by atoms with Gasteiger partial charge < -0.3 is 0 Å². The van der Waals surface area contributed by atoms with Crippen LogP contribution in [0.25, 0.3) is 0 Å². The average molecular weight is 208 g/mol. The second kappa shape index (κ2) is 3.72. The highest BCUT2D eigenvalue weighted by atomic mass is 32.2. The van der Waals surface area contributed by atoms with Crippen molar-refractivity contribution in [3.05, 3.63) is 11.8 Å². The van der Waals surface area contributed by atoms with E-state index in [2.05, 4.69) is 30.4 Å². The number of hydrogen-bond donors (Lipinski definition) is 0. The van der Waals surface area contributed by atoms with E-state index in [0.29, 0.717) is 0 Å². The summed E-state index contributed by atoms with van der Waals surface area (Å²) in [7, 11) is -4.76. The molecule has 0 aliphatic heterocycles. The Morgan fingerprint density at radius 2 is 1.83 bits per heavy atom. The van der Waals surface area contributed by atoms with Crippen LogP contribution in [0.3, 0.4) is 0 Å². The van der Waals surface area contributed by atoms with Gasteiger partial charge in [0.2, 0.25) is 0 Å². The Balaban J connectivity index is 4.07. The second-order valence-corrected chi connectivity index (χ2v) is 10.7. The lowest BCUT2D eigenvalue weighted by Crippen LogP contribution is -2.27. The van der Waals surface area contributed by atoms with E-state index < -0.39 is 18.2 Å². The van der Waals surface area contributed by atoms with Gasteiger partial charge in [-0.15, -0.1) is 6.58 Å². The maximum Gasteiger partial charge on any atom is 0.264 e. The first kappa shape index (κ1) is 11.9. The van der Waals surface area contributed by atoms with Crippen LogP contribution in [-0.4, -0.2) is 29.4 Å². The van der Waals surface area contributed by atoms with Gasteiger partial charge in [0.15, 0.2) is 0 Å². The topological polar surface area (TPSA) is 43.4 Å². The number of rotatable bonds is 4. The highest BCUT2D eigenvalue weighted by Gasteiger charge is 2.18. The second-order valence-electron chi connectivity index (χ2n) is 3.82. The Labute approximate surface area is 75.6 Å². The summed E-state index contributed by atoms with van der Waals surface area (Å²) in [5, 5.41) is 0.910. The van der Waals surface area contributed by atoms with Gasteiger partial charge in [0.25, 0.3) is 10.1 Å². The van der Waals surface area contributed by atoms with E-state index in [1.807, 2.05) is 0 Å². The Bertz CT molecular complexity index is 261. The van der Waals surface area contributed by atoms with Gasteiger partial charge in [-0.25, -0.2) is 0 Å². The lowest BCUT2D eigenvalue weighted by molar-refractivity contribution is 0.358. The molecule has 0 atom stereocenters. The molecule has 0 aromatic rings. The molecule has 0 fully saturated rings. The van der Waals surface area contributed by atoms with Gasteiger partial charge in [-0.1, -0.05) is 24.8 Å². The standard InChI is InChI=1S/C7H16O3SSi/c1-7(12(3,4)5)6-10-11(2,8)9/h1,6H2,2-5H3. The van der Waals surface area contributed by atoms with Crippen LogP contribution in [0, 0.1) is 0 Å². The smallest absolute Gasteiger partial charge is 0.264 e. The third-order valence-electron chi connectivity index (χ3n) is 1.51. The van der Waals surface area contributed by atoms with Crippen LogP contribution in [-0.2, 0) is 14.3 Å². The molecular weight excluding hydrogens is 192 g/mol. The molecule has 5 heteroatoms. The summed E-state index contributed by atoms with van der Waals surface area (Å²) < 4.78 is 25.9. The Kier molecular flexibility index (Phi) is 3.68. The first-order chi connectivity index (χ1) is 5.13. The van der Waals surface area contributed by atoms with Crippen molar-refractivity contribution in [1.29, 1.82) is 0 Å². The van der Waals surface area contributed by atoms with Crippen LogP contribution in [0.1, 0.15) is 0 Å². The van der Waals surface area contributed by atoms with Crippen LogP contribution in [0.15, 0.2) is 11.8 Å². The molecule has 0 radical (unpaired) electrons. The molecule has 12 heavy (non-hydrogen) atoms. The summed E-state index contributed by atoms with van der Waals surface area (Å²) in [6.45, 7) is 10.2. The van der Waals surface area contributed by atoms with Gasteiger partial charge >= 0.3 is 0 Å². The zero-order valence-corrected chi connectivity index (χ0v) is 9.86. The summed E-state index contributed by atoms with van der Waals surface area (Å²) in [4.78, 5) is 0. The van der Waals surface area contributed by atoms with E-state index in [4.69, 9.17) is 0 Å². The molecule has 0 unspecified atom stereocenters. The molecule has 0 aliphatic carbocycles. The molecule has 3 nitrogen and oxygen atoms in total. The van der Waals surface area contributed by atoms with Crippen molar-refractivity contribution in [3.63, 3.8) is 0 Å². The Hall–Kier alpha value is -0.133. The lowest BCUT2D eigenvalue weighted by atomic mass is 10.7. The molecule has 0 aromatic heterocycles. The van der Waals surface area contributed by atoms with Crippen molar-refractivity contribution in [3.8, 4) is 0 Å². The van der Waals surface area contributed by atoms with Gasteiger partial charge in [0.05, 0.1) is 20.9 Å². The molecule has 0 saturated carbocycles. The number of hydrogen-bond acceptors (Lipinski definition) is 3. The third-order valence-corrected chi connectivity index (χ3v) is 4.32. The summed E-state index contributed by atoms with van der Waals surface area (Å²) in [6.07, 6.45) is 1.05. The summed E-state index contributed by atoms with van der Waals surface area (Å²) in [5.41, 5.74) is 0. The van der Waals surface area contributed by atoms with Crippen LogP contribution in [0.2, 0.25) is 19.6 Å². The Morgan fingerprint density at radius 3 is 2.08 bits per heavy atom. The van der Waals surface area contributed by atoms with Gasteiger partial charge in [-0.3, -0.25) is 4.18 Å². The van der Waals surface area contributed by atoms with E-state index in [9.17, 15) is 8.42 Å². The molecule has 0 rings (SSSR count). The van der Waals surface area contributed by atoms with Crippen LogP contribution in [0.5, 0.6) is 0 Å². The first-order valence-corrected chi connectivity index (χ1v) is 8.97. The van der Waals surface area contributed by atoms with Gasteiger partial charge in [0.1, 0.15) is 0 Å². The van der Waals surface area contributed by atoms with Crippen LogP contribution >= 0.6 is 0 Å². The normalized spacial score (nSPS) is 13.0. The quantitative estimate of drug-likeness (QED) is 0.518. The molecule has 0 N–H and O–H groups in total. The maximum absolute atomic E-state index is 10.6. The molecule has 0 amide bonds. The largest absolute Gasteiger partial charge is 0.266 e. The minimum Gasteiger partial charge on any atom is -0.266 e. The lowest BCUT2D eigenvalue weighted by Gasteiger charge is -2.18. The van der Waals surface area contributed by atoms with Crippen molar-refractivity contribution in [1.82, 2.24) is 0 Å². The van der Waals surface area contributed by atoms with Crippen molar-refractivity contribution < 1.29 is 12.6 Å². The first-order valence-electron chi connectivity index (χ1n) is 3.65. The zero-order valence-electron chi connectivity index (χ0n) is 8.05. The zero-order chi connectivity index (χ0) is 9.99. The predicted molar refractivity (Wildman–Crippen MR) is 53.3 cm³/mol. The van der Waals surface area contributed by atoms with E-state index in [1.54, 1.807) is 0 Å². The SMILES string of the molecule is C=C(COS(C)(=O)=O)[Si](C)(C)C. The fraction of sp³-hybridized carbons (Fsp3) is 0.714. The molecule has 0 spiro atoms. The highest BCUT2D eigenvalue weighted by Crippen LogP contribution is 2.12. The maximum atomic E-state index is 10.6. The van der Waals surface area contributed by atoms with Crippen LogP contribution < -0.4 is 0 Å². The molecular formula is C7H16O3SSi. The van der Waals surface area contributed by atoms with Gasteiger partial charge in [-0.2, -0.15) is 8.42 Å². The monoisotopic (exact) mass is 208 g/mol. The van der Waals surface area contributed by atoms with Crippen molar-refractivity contribution in [2.24, 2.45) is 0 Å². The molecule has 0 bridgehead atoms.